The van der Waals surface area contributed by atoms with E-state index < -0.39 is 10.0 Å². The second-order valence-electron chi connectivity index (χ2n) is 8.10. The number of amides is 1. The third kappa shape index (κ3) is 3.91. The first kappa shape index (κ1) is 21.7. The van der Waals surface area contributed by atoms with Crippen molar-refractivity contribution in [2.45, 2.75) is 11.8 Å². The fraction of sp³-hybridized carbons (Fsp3) is 0.0741. The van der Waals surface area contributed by atoms with Crippen LogP contribution in [0, 0.1) is 6.92 Å². The minimum absolute atomic E-state index is 0.211. The van der Waals surface area contributed by atoms with Gasteiger partial charge in [0, 0.05) is 35.1 Å². The van der Waals surface area contributed by atoms with Crippen LogP contribution in [0.4, 0.5) is 11.4 Å². The van der Waals surface area contributed by atoms with Crippen molar-refractivity contribution in [2.75, 3.05) is 16.7 Å². The summed E-state index contributed by atoms with van der Waals surface area (Å²) in [6.07, 6.45) is 0. The number of para-hydroxylation sites is 1. The van der Waals surface area contributed by atoms with Crippen LogP contribution in [0.2, 0.25) is 0 Å². The number of carbonyl (C=O) groups excluding carboxylic acids is 1. The third-order valence-electron chi connectivity index (χ3n) is 5.81. The summed E-state index contributed by atoms with van der Waals surface area (Å²) in [5.41, 5.74) is 3.95. The average molecular weight is 471 g/mol. The predicted molar refractivity (Wildman–Crippen MR) is 135 cm³/mol. The van der Waals surface area contributed by atoms with Crippen LogP contribution in [0.3, 0.4) is 0 Å². The summed E-state index contributed by atoms with van der Waals surface area (Å²) < 4.78 is 32.9. The number of rotatable bonds is 5. The fourth-order valence-electron chi connectivity index (χ4n) is 3.84. The Balaban J connectivity index is 1.34. The molecule has 0 radical (unpaired) electrons. The third-order valence-corrected chi connectivity index (χ3v) is 7.61. The maximum absolute atomic E-state index is 12.9. The Bertz CT molecular complexity index is 1620. The molecule has 5 rings (SSSR count). The molecule has 6 nitrogen and oxygen atoms in total. The van der Waals surface area contributed by atoms with E-state index >= 15 is 0 Å². The maximum atomic E-state index is 12.9. The summed E-state index contributed by atoms with van der Waals surface area (Å²) in [7, 11) is -2.21. The molecule has 0 atom stereocenters. The fourth-order valence-corrected chi connectivity index (χ4v) is 5.03. The van der Waals surface area contributed by atoms with Crippen molar-refractivity contribution in [1.82, 2.24) is 0 Å². The number of anilines is 2. The lowest BCUT2D eigenvalue weighted by Crippen LogP contribution is -2.26. The van der Waals surface area contributed by atoms with Gasteiger partial charge in [-0.15, -0.1) is 0 Å². The highest BCUT2D eigenvalue weighted by molar-refractivity contribution is 7.92. The summed E-state index contributed by atoms with van der Waals surface area (Å²) in [6, 6.07) is 26.5. The van der Waals surface area contributed by atoms with E-state index in [2.05, 4.69) is 5.32 Å². The number of hydrogen-bond acceptors (Lipinski definition) is 4. The highest BCUT2D eigenvalue weighted by Crippen LogP contribution is 2.30. The summed E-state index contributed by atoms with van der Waals surface area (Å²) in [4.78, 5) is 13.0. The monoisotopic (exact) mass is 470 g/mol. The smallest absolute Gasteiger partial charge is 0.264 e. The Morgan fingerprint density at radius 1 is 0.824 bits per heavy atom. The molecule has 1 heterocycles. The van der Waals surface area contributed by atoms with Crippen molar-refractivity contribution in [3.8, 4) is 0 Å². The molecule has 0 bridgehead atoms. The molecule has 0 aliphatic rings. The number of hydrogen-bond donors (Lipinski definition) is 1. The number of sulfonamides is 1. The van der Waals surface area contributed by atoms with Gasteiger partial charge in [-0.05, 0) is 61.5 Å². The van der Waals surface area contributed by atoms with Crippen LogP contribution < -0.4 is 9.62 Å². The Morgan fingerprint density at radius 3 is 2.24 bits per heavy atom. The number of aryl methyl sites for hydroxylation is 1. The van der Waals surface area contributed by atoms with Gasteiger partial charge < -0.3 is 9.73 Å². The van der Waals surface area contributed by atoms with Crippen LogP contribution in [0.1, 0.15) is 15.9 Å². The molecule has 4 aromatic carbocycles. The number of benzene rings is 4. The van der Waals surface area contributed by atoms with Gasteiger partial charge >= 0.3 is 0 Å². The molecule has 0 aliphatic heterocycles. The molecule has 170 valence electrons. The van der Waals surface area contributed by atoms with Gasteiger partial charge in [-0.25, -0.2) is 8.42 Å². The van der Waals surface area contributed by atoms with Gasteiger partial charge in [0.2, 0.25) is 0 Å². The van der Waals surface area contributed by atoms with Crippen LogP contribution in [-0.4, -0.2) is 21.4 Å². The second-order valence-corrected chi connectivity index (χ2v) is 10.1. The van der Waals surface area contributed by atoms with E-state index in [0.29, 0.717) is 22.5 Å². The van der Waals surface area contributed by atoms with Crippen molar-refractivity contribution in [3.63, 3.8) is 0 Å². The first-order valence-electron chi connectivity index (χ1n) is 10.7. The number of fused-ring (bicyclic) bond motifs is 3. The van der Waals surface area contributed by atoms with Crippen molar-refractivity contribution < 1.29 is 17.6 Å². The van der Waals surface area contributed by atoms with E-state index in [-0.39, 0.29) is 10.8 Å². The van der Waals surface area contributed by atoms with Gasteiger partial charge in [0.1, 0.15) is 11.2 Å². The summed E-state index contributed by atoms with van der Waals surface area (Å²) in [6.45, 7) is 1.90. The Hall–Kier alpha value is -4.10. The maximum Gasteiger partial charge on any atom is 0.264 e. The molecule has 0 saturated heterocycles. The molecule has 1 aromatic heterocycles. The largest absolute Gasteiger partial charge is 0.456 e. The van der Waals surface area contributed by atoms with Gasteiger partial charge in [0.05, 0.1) is 10.6 Å². The molecule has 0 saturated carbocycles. The molecular formula is C27H22N2O4S. The van der Waals surface area contributed by atoms with Gasteiger partial charge in [-0.2, -0.15) is 0 Å². The van der Waals surface area contributed by atoms with Crippen LogP contribution in [0.15, 0.2) is 100 Å². The first-order valence-corrected chi connectivity index (χ1v) is 12.2. The average Bonchev–Trinajstić information content (AvgIpc) is 3.21. The zero-order chi connectivity index (χ0) is 23.9. The number of furan rings is 1. The molecule has 1 N–H and O–H groups in total. The lowest BCUT2D eigenvalue weighted by atomic mass is 10.1. The molecule has 34 heavy (non-hydrogen) atoms. The second kappa shape index (κ2) is 8.35. The van der Waals surface area contributed by atoms with Crippen LogP contribution in [-0.2, 0) is 10.0 Å². The highest BCUT2D eigenvalue weighted by Gasteiger charge is 2.21. The summed E-state index contributed by atoms with van der Waals surface area (Å²) >= 11 is 0. The topological polar surface area (TPSA) is 79.6 Å². The molecule has 1 amide bonds. The standard InChI is InChI=1S/C27H22N2O4S/c1-18-7-14-22(15-8-18)34(31,32)29(2)21-12-9-19(10-13-21)27(30)28-20-11-16-24-23-5-3-4-6-25(23)33-26(24)17-20/h3-17H,1-2H3,(H,28,30). The number of nitrogens with one attached hydrogen (secondary N) is 1. The minimum Gasteiger partial charge on any atom is -0.456 e. The molecule has 0 unspecified atom stereocenters. The van der Waals surface area contributed by atoms with E-state index in [1.807, 2.05) is 43.3 Å². The molecular weight excluding hydrogens is 448 g/mol. The zero-order valence-electron chi connectivity index (χ0n) is 18.6. The SMILES string of the molecule is Cc1ccc(S(=O)(=O)N(C)c2ccc(C(=O)Nc3ccc4c(c3)oc3ccccc34)cc2)cc1. The quantitative estimate of drug-likeness (QED) is 0.343. The Morgan fingerprint density at radius 2 is 1.50 bits per heavy atom. The van der Waals surface area contributed by atoms with Crippen molar-refractivity contribution in [2.24, 2.45) is 0 Å². The first-order chi connectivity index (χ1) is 16.3. The van der Waals surface area contributed by atoms with E-state index in [1.54, 1.807) is 54.6 Å². The lowest BCUT2D eigenvalue weighted by molar-refractivity contribution is 0.102. The van der Waals surface area contributed by atoms with Crippen LogP contribution in [0.25, 0.3) is 21.9 Å². The Kier molecular flexibility index (Phi) is 5.34. The van der Waals surface area contributed by atoms with Gasteiger partial charge in [0.25, 0.3) is 15.9 Å². The molecule has 0 spiro atoms. The van der Waals surface area contributed by atoms with Crippen LogP contribution >= 0.6 is 0 Å². The molecule has 7 heteroatoms. The van der Waals surface area contributed by atoms with Crippen molar-refractivity contribution in [3.05, 3.63) is 102 Å². The Labute approximate surface area is 197 Å². The minimum atomic E-state index is -3.70. The summed E-state index contributed by atoms with van der Waals surface area (Å²) in [5.74, 6) is -0.300. The zero-order valence-corrected chi connectivity index (χ0v) is 19.5. The molecule has 0 aliphatic carbocycles. The molecule has 0 fully saturated rings. The van der Waals surface area contributed by atoms with Crippen molar-refractivity contribution in [1.29, 1.82) is 0 Å². The van der Waals surface area contributed by atoms with E-state index in [9.17, 15) is 13.2 Å². The number of nitrogens with zero attached hydrogens (tertiary/aromatic N) is 1. The van der Waals surface area contributed by atoms with Gasteiger partial charge in [-0.1, -0.05) is 35.9 Å². The molecule has 5 aromatic rings. The van der Waals surface area contributed by atoms with Gasteiger partial charge in [-0.3, -0.25) is 9.10 Å². The van der Waals surface area contributed by atoms with Gasteiger partial charge in [0.15, 0.2) is 0 Å². The van der Waals surface area contributed by atoms with E-state index in [4.69, 9.17) is 4.42 Å². The summed E-state index contributed by atoms with van der Waals surface area (Å²) in [5, 5.41) is 4.88. The van der Waals surface area contributed by atoms with E-state index in [1.165, 1.54) is 11.4 Å². The number of carbonyl (C=O) groups is 1. The van der Waals surface area contributed by atoms with Crippen molar-refractivity contribution >= 4 is 49.2 Å². The lowest BCUT2D eigenvalue weighted by Gasteiger charge is -2.20. The normalized spacial score (nSPS) is 11.6. The van der Waals surface area contributed by atoms with E-state index in [0.717, 1.165) is 21.9 Å². The predicted octanol–water partition coefficient (Wildman–Crippen LogP) is 5.97. The highest BCUT2D eigenvalue weighted by atomic mass is 32.2. The van der Waals surface area contributed by atoms with Crippen LogP contribution in [0.5, 0.6) is 0 Å².